The fourth-order valence-corrected chi connectivity index (χ4v) is 3.24. The first kappa shape index (κ1) is 14.3. The van der Waals surface area contributed by atoms with Crippen molar-refractivity contribution in [2.24, 2.45) is 0 Å². The Morgan fingerprint density at radius 2 is 2.30 bits per heavy atom. The summed E-state index contributed by atoms with van der Waals surface area (Å²) in [6, 6.07) is 8.00. The van der Waals surface area contributed by atoms with Crippen LogP contribution in [0, 0.1) is 6.92 Å². The van der Waals surface area contributed by atoms with Gasteiger partial charge in [0.05, 0.1) is 17.3 Å². The maximum atomic E-state index is 6.28. The third-order valence-corrected chi connectivity index (χ3v) is 4.41. The molecule has 4 rings (SSSR count). The maximum Gasteiger partial charge on any atom is 0.181 e. The van der Waals surface area contributed by atoms with Crippen LogP contribution in [0.4, 0.5) is 5.69 Å². The predicted octanol–water partition coefficient (Wildman–Crippen LogP) is 3.71. The lowest BCUT2D eigenvalue weighted by Gasteiger charge is -2.35. The largest absolute Gasteiger partial charge is 0.485 e. The van der Waals surface area contributed by atoms with Gasteiger partial charge in [-0.3, -0.25) is 5.10 Å². The third-order valence-electron chi connectivity index (χ3n) is 4.11. The van der Waals surface area contributed by atoms with Crippen LogP contribution in [-0.4, -0.2) is 27.8 Å². The van der Waals surface area contributed by atoms with Crippen LogP contribution in [0.1, 0.15) is 18.2 Å². The molecule has 0 radical (unpaired) electrons. The standard InChI is InChI=1S/C17H17ClN4O/c1-10-8-22(15-5-3-4-14(18)16(15)23-10)9-12-6-13-11(2)20-21-17(13)19-7-12/h3-7,10H,8-9H2,1-2H3,(H,19,20,21). The molecule has 0 saturated heterocycles. The van der Waals surface area contributed by atoms with Crippen molar-refractivity contribution >= 4 is 28.3 Å². The molecule has 3 aromatic rings. The lowest BCUT2D eigenvalue weighted by Crippen LogP contribution is -2.38. The number of fused-ring (bicyclic) bond motifs is 2. The second-order valence-corrected chi connectivity index (χ2v) is 6.37. The number of nitrogens with one attached hydrogen (secondary N) is 1. The molecule has 1 aromatic carbocycles. The van der Waals surface area contributed by atoms with Crippen molar-refractivity contribution in [3.63, 3.8) is 0 Å². The van der Waals surface area contributed by atoms with Gasteiger partial charge in [0.25, 0.3) is 0 Å². The van der Waals surface area contributed by atoms with Crippen molar-refractivity contribution in [1.29, 1.82) is 0 Å². The van der Waals surface area contributed by atoms with Gasteiger partial charge in [-0.2, -0.15) is 5.10 Å². The number of ether oxygens (including phenoxy) is 1. The van der Waals surface area contributed by atoms with Crippen molar-refractivity contribution in [2.45, 2.75) is 26.5 Å². The Bertz CT molecular complexity index is 876. The fourth-order valence-electron chi connectivity index (χ4n) is 3.03. The minimum atomic E-state index is 0.0924. The van der Waals surface area contributed by atoms with E-state index in [1.807, 2.05) is 31.3 Å². The lowest BCUT2D eigenvalue weighted by atomic mass is 10.1. The Morgan fingerprint density at radius 3 is 3.17 bits per heavy atom. The molecule has 0 bridgehead atoms. The van der Waals surface area contributed by atoms with Crippen molar-refractivity contribution < 1.29 is 4.74 Å². The van der Waals surface area contributed by atoms with Crippen LogP contribution in [0.5, 0.6) is 5.75 Å². The van der Waals surface area contributed by atoms with E-state index in [0.29, 0.717) is 5.02 Å². The van der Waals surface area contributed by atoms with Gasteiger partial charge in [0, 0.05) is 23.8 Å². The summed E-state index contributed by atoms with van der Waals surface area (Å²) in [7, 11) is 0. The highest BCUT2D eigenvalue weighted by molar-refractivity contribution is 6.32. The van der Waals surface area contributed by atoms with Gasteiger partial charge in [0.1, 0.15) is 6.10 Å². The van der Waals surface area contributed by atoms with Gasteiger partial charge >= 0.3 is 0 Å². The van der Waals surface area contributed by atoms with Crippen molar-refractivity contribution in [1.82, 2.24) is 15.2 Å². The van der Waals surface area contributed by atoms with E-state index in [2.05, 4.69) is 33.1 Å². The number of aromatic amines is 1. The van der Waals surface area contributed by atoms with Gasteiger partial charge in [-0.05, 0) is 37.6 Å². The van der Waals surface area contributed by atoms with E-state index in [1.165, 1.54) is 0 Å². The quantitative estimate of drug-likeness (QED) is 0.779. The Kier molecular flexibility index (Phi) is 3.38. The van der Waals surface area contributed by atoms with E-state index in [4.69, 9.17) is 16.3 Å². The smallest absolute Gasteiger partial charge is 0.181 e. The molecule has 6 heteroatoms. The van der Waals surface area contributed by atoms with Crippen LogP contribution in [0.15, 0.2) is 30.5 Å². The first-order valence-electron chi connectivity index (χ1n) is 7.61. The van der Waals surface area contributed by atoms with Crippen LogP contribution in [0.25, 0.3) is 11.0 Å². The molecule has 0 spiro atoms. The summed E-state index contributed by atoms with van der Waals surface area (Å²) in [4.78, 5) is 6.72. The zero-order chi connectivity index (χ0) is 16.0. The molecule has 2 aromatic heterocycles. The molecular formula is C17H17ClN4O. The number of H-pyrrole nitrogens is 1. The first-order chi connectivity index (χ1) is 11.1. The van der Waals surface area contributed by atoms with Gasteiger partial charge in [-0.15, -0.1) is 0 Å². The van der Waals surface area contributed by atoms with Crippen LogP contribution in [0.3, 0.4) is 0 Å². The number of rotatable bonds is 2. The summed E-state index contributed by atoms with van der Waals surface area (Å²) in [5.41, 5.74) is 3.96. The molecule has 1 unspecified atom stereocenters. The Hall–Kier alpha value is -2.27. The van der Waals surface area contributed by atoms with Crippen molar-refractivity contribution in [2.75, 3.05) is 11.4 Å². The summed E-state index contributed by atoms with van der Waals surface area (Å²) in [6.07, 6.45) is 1.97. The summed E-state index contributed by atoms with van der Waals surface area (Å²) in [6.45, 7) is 5.64. The minimum Gasteiger partial charge on any atom is -0.485 e. The molecule has 0 aliphatic carbocycles. The van der Waals surface area contributed by atoms with Gasteiger partial charge in [0.2, 0.25) is 0 Å². The lowest BCUT2D eigenvalue weighted by molar-refractivity contribution is 0.212. The number of aryl methyl sites for hydroxylation is 1. The number of para-hydroxylation sites is 1. The molecule has 1 aliphatic rings. The molecule has 1 atom stereocenters. The van der Waals surface area contributed by atoms with Crippen molar-refractivity contribution in [3.8, 4) is 5.75 Å². The van der Waals surface area contributed by atoms with Crippen LogP contribution in [0.2, 0.25) is 5.02 Å². The van der Waals surface area contributed by atoms with Crippen LogP contribution >= 0.6 is 11.6 Å². The highest BCUT2D eigenvalue weighted by atomic mass is 35.5. The summed E-state index contributed by atoms with van der Waals surface area (Å²) in [5, 5.41) is 8.87. The molecule has 0 saturated carbocycles. The van der Waals surface area contributed by atoms with E-state index >= 15 is 0 Å². The second-order valence-electron chi connectivity index (χ2n) is 5.96. The average Bonchev–Trinajstić information content (AvgIpc) is 2.89. The molecule has 3 heterocycles. The number of hydrogen-bond acceptors (Lipinski definition) is 4. The molecular weight excluding hydrogens is 312 g/mol. The highest BCUT2D eigenvalue weighted by Crippen LogP contribution is 2.39. The number of halogens is 1. The second kappa shape index (κ2) is 5.42. The van der Waals surface area contributed by atoms with Crippen LogP contribution < -0.4 is 9.64 Å². The summed E-state index contributed by atoms with van der Waals surface area (Å²) in [5.74, 6) is 0.765. The third kappa shape index (κ3) is 2.51. The van der Waals surface area contributed by atoms with Gasteiger partial charge in [-0.25, -0.2) is 4.98 Å². The summed E-state index contributed by atoms with van der Waals surface area (Å²) >= 11 is 6.28. The van der Waals surface area contributed by atoms with Gasteiger partial charge in [0.15, 0.2) is 11.4 Å². The highest BCUT2D eigenvalue weighted by Gasteiger charge is 2.25. The van der Waals surface area contributed by atoms with Gasteiger partial charge < -0.3 is 9.64 Å². The number of nitrogens with zero attached hydrogens (tertiary/aromatic N) is 3. The van der Waals surface area contributed by atoms with E-state index in [1.54, 1.807) is 0 Å². The van der Waals surface area contributed by atoms with Gasteiger partial charge in [-0.1, -0.05) is 17.7 Å². The summed E-state index contributed by atoms with van der Waals surface area (Å²) < 4.78 is 5.90. The molecule has 0 fully saturated rings. The Morgan fingerprint density at radius 1 is 1.43 bits per heavy atom. The van der Waals surface area contributed by atoms with Crippen LogP contribution in [-0.2, 0) is 6.54 Å². The predicted molar refractivity (Wildman–Crippen MR) is 91.2 cm³/mol. The Labute approximate surface area is 139 Å². The SMILES string of the molecule is Cc1[nH]nc2ncc(CN3CC(C)Oc4c(Cl)cccc43)cc12. The van der Waals surface area contributed by atoms with E-state index in [-0.39, 0.29) is 6.10 Å². The number of aromatic nitrogens is 3. The Balaban J connectivity index is 1.70. The van der Waals surface area contributed by atoms with Crippen molar-refractivity contribution in [3.05, 3.63) is 46.7 Å². The van der Waals surface area contributed by atoms with E-state index in [0.717, 1.165) is 46.8 Å². The van der Waals surface area contributed by atoms with E-state index in [9.17, 15) is 0 Å². The number of anilines is 1. The molecule has 0 amide bonds. The molecule has 1 aliphatic heterocycles. The number of benzene rings is 1. The van der Waals surface area contributed by atoms with E-state index < -0.39 is 0 Å². The number of pyridine rings is 1. The average molecular weight is 329 g/mol. The zero-order valence-corrected chi connectivity index (χ0v) is 13.8. The molecule has 23 heavy (non-hydrogen) atoms. The normalized spacial score (nSPS) is 17.2. The minimum absolute atomic E-state index is 0.0924. The number of hydrogen-bond donors (Lipinski definition) is 1. The molecule has 118 valence electrons. The maximum absolute atomic E-state index is 6.28. The first-order valence-corrected chi connectivity index (χ1v) is 7.99. The molecule has 1 N–H and O–H groups in total. The fraction of sp³-hybridized carbons (Fsp3) is 0.294. The zero-order valence-electron chi connectivity index (χ0n) is 13.0. The topological polar surface area (TPSA) is 54.0 Å². The molecule has 5 nitrogen and oxygen atoms in total. The monoisotopic (exact) mass is 328 g/mol.